The topological polar surface area (TPSA) is 39.2 Å². The first-order valence-corrected chi connectivity index (χ1v) is 4.83. The van der Waals surface area contributed by atoms with Crippen molar-refractivity contribution in [2.24, 2.45) is 0 Å². The van der Waals surface area contributed by atoms with E-state index in [2.05, 4.69) is 4.98 Å². The van der Waals surface area contributed by atoms with Gasteiger partial charge in [0, 0.05) is 18.5 Å². The van der Waals surface area contributed by atoms with Gasteiger partial charge in [-0.1, -0.05) is 0 Å². The first kappa shape index (κ1) is 9.19. The quantitative estimate of drug-likeness (QED) is 0.717. The van der Waals surface area contributed by atoms with Crippen molar-refractivity contribution < 1.29 is 9.53 Å². The van der Waals surface area contributed by atoms with Gasteiger partial charge in [-0.3, -0.25) is 9.78 Å². The van der Waals surface area contributed by atoms with Crippen LogP contribution in [0.5, 0.6) is 5.75 Å². The normalized spacial score (nSPS) is 21.2. The van der Waals surface area contributed by atoms with Crippen LogP contribution in [-0.4, -0.2) is 17.9 Å². The van der Waals surface area contributed by atoms with Gasteiger partial charge in [0.25, 0.3) is 0 Å². The fourth-order valence-corrected chi connectivity index (χ4v) is 1.91. The van der Waals surface area contributed by atoms with E-state index in [1.807, 2.05) is 6.07 Å². The highest BCUT2D eigenvalue weighted by atomic mass is 16.5. The molecule has 14 heavy (non-hydrogen) atoms. The summed E-state index contributed by atoms with van der Waals surface area (Å²) in [6, 6.07) is 1.90. The highest BCUT2D eigenvalue weighted by Gasteiger charge is 2.26. The molecular formula is C11H13NO2. The number of methoxy groups -OCH3 is 1. The highest BCUT2D eigenvalue weighted by Crippen LogP contribution is 2.31. The minimum absolute atomic E-state index is 0.0533. The van der Waals surface area contributed by atoms with Crippen molar-refractivity contribution in [2.45, 2.75) is 25.2 Å². The molecule has 0 spiro atoms. The van der Waals surface area contributed by atoms with Gasteiger partial charge in [-0.05, 0) is 24.5 Å². The van der Waals surface area contributed by atoms with Crippen LogP contribution in [0.4, 0.5) is 0 Å². The third-order valence-corrected chi connectivity index (χ3v) is 2.68. The zero-order valence-corrected chi connectivity index (χ0v) is 8.19. The molecule has 0 N–H and O–H groups in total. The van der Waals surface area contributed by atoms with Gasteiger partial charge in [-0.15, -0.1) is 0 Å². The van der Waals surface area contributed by atoms with Gasteiger partial charge in [-0.25, -0.2) is 0 Å². The second-order valence-corrected chi connectivity index (χ2v) is 3.57. The summed E-state index contributed by atoms with van der Waals surface area (Å²) in [6.45, 7) is 0. The van der Waals surface area contributed by atoms with Gasteiger partial charge < -0.3 is 4.74 Å². The van der Waals surface area contributed by atoms with E-state index in [1.165, 1.54) is 0 Å². The molecule has 1 saturated carbocycles. The second-order valence-electron chi connectivity index (χ2n) is 3.57. The lowest BCUT2D eigenvalue weighted by Gasteiger charge is -2.08. The van der Waals surface area contributed by atoms with Gasteiger partial charge in [0.2, 0.25) is 0 Å². The molecule has 1 unspecified atom stereocenters. The Morgan fingerprint density at radius 1 is 1.50 bits per heavy atom. The Morgan fingerprint density at radius 3 is 3.00 bits per heavy atom. The Balaban J connectivity index is 2.26. The minimum atomic E-state index is 0.0533. The number of ketones is 1. The molecule has 1 aliphatic rings. The Bertz CT molecular complexity index is 349. The number of aromatic nitrogens is 1. The van der Waals surface area contributed by atoms with E-state index in [0.29, 0.717) is 12.2 Å². The molecule has 0 amide bonds. The summed E-state index contributed by atoms with van der Waals surface area (Å²) in [6.07, 6.45) is 6.08. The highest BCUT2D eigenvalue weighted by molar-refractivity contribution is 5.87. The smallest absolute Gasteiger partial charge is 0.140 e. The van der Waals surface area contributed by atoms with Gasteiger partial charge in [0.05, 0.1) is 13.3 Å². The van der Waals surface area contributed by atoms with E-state index in [4.69, 9.17) is 4.74 Å². The van der Waals surface area contributed by atoms with Crippen LogP contribution in [0.25, 0.3) is 0 Å². The first-order valence-electron chi connectivity index (χ1n) is 4.83. The predicted molar refractivity (Wildman–Crippen MR) is 52.4 cm³/mol. The summed E-state index contributed by atoms with van der Waals surface area (Å²) in [5.41, 5.74) is 0.992. The number of hydrogen-bond acceptors (Lipinski definition) is 3. The maximum atomic E-state index is 11.5. The average molecular weight is 191 g/mol. The molecule has 0 radical (unpaired) electrons. The van der Waals surface area contributed by atoms with Crippen LogP contribution >= 0.6 is 0 Å². The maximum absolute atomic E-state index is 11.5. The molecule has 0 aliphatic heterocycles. The second kappa shape index (κ2) is 3.78. The molecule has 1 atom stereocenters. The van der Waals surface area contributed by atoms with Crippen LogP contribution < -0.4 is 4.74 Å². The van der Waals surface area contributed by atoms with Crippen molar-refractivity contribution in [3.63, 3.8) is 0 Å². The van der Waals surface area contributed by atoms with E-state index >= 15 is 0 Å². The summed E-state index contributed by atoms with van der Waals surface area (Å²) >= 11 is 0. The molecule has 2 rings (SSSR count). The molecule has 1 aromatic heterocycles. The number of carbonyl (C=O) groups is 1. The largest absolute Gasteiger partial charge is 0.495 e. The summed E-state index contributed by atoms with van der Waals surface area (Å²) in [5, 5.41) is 0. The lowest BCUT2D eigenvalue weighted by molar-refractivity contribution is -0.118. The van der Waals surface area contributed by atoms with Crippen LogP contribution in [0.1, 0.15) is 30.7 Å². The molecule has 1 fully saturated rings. The molecule has 0 saturated heterocycles. The van der Waals surface area contributed by atoms with Crippen molar-refractivity contribution >= 4 is 5.78 Å². The molecular weight excluding hydrogens is 178 g/mol. The summed E-state index contributed by atoms with van der Waals surface area (Å²) < 4.78 is 5.08. The Kier molecular flexibility index (Phi) is 2.48. The molecule has 3 heteroatoms. The number of hydrogen-bond donors (Lipinski definition) is 0. The van der Waals surface area contributed by atoms with E-state index < -0.39 is 0 Å². The lowest BCUT2D eigenvalue weighted by Crippen LogP contribution is -2.04. The van der Waals surface area contributed by atoms with Crippen LogP contribution in [0.15, 0.2) is 18.5 Å². The van der Waals surface area contributed by atoms with Crippen LogP contribution in [0, 0.1) is 0 Å². The van der Waals surface area contributed by atoms with Crippen LogP contribution in [0.3, 0.4) is 0 Å². The Hall–Kier alpha value is -1.38. The number of ether oxygens (including phenoxy) is 1. The Labute approximate surface area is 83.1 Å². The standard InChI is InChI=1S/C11H13NO2/c1-14-9-5-8(6-12-7-9)10-3-2-4-11(10)13/h5-7,10H,2-4H2,1H3. The van der Waals surface area contributed by atoms with Crippen molar-refractivity contribution in [1.82, 2.24) is 4.98 Å². The van der Waals surface area contributed by atoms with Gasteiger partial charge in [0.1, 0.15) is 11.5 Å². The average Bonchev–Trinajstić information content (AvgIpc) is 2.65. The third kappa shape index (κ3) is 1.62. The molecule has 74 valence electrons. The van der Waals surface area contributed by atoms with Crippen molar-refractivity contribution in [1.29, 1.82) is 0 Å². The van der Waals surface area contributed by atoms with Gasteiger partial charge in [0.15, 0.2) is 0 Å². The van der Waals surface area contributed by atoms with E-state index in [1.54, 1.807) is 19.5 Å². The lowest BCUT2D eigenvalue weighted by atomic mass is 9.99. The number of nitrogens with zero attached hydrogens (tertiary/aromatic N) is 1. The first-order chi connectivity index (χ1) is 6.81. The number of carbonyl (C=O) groups excluding carboxylic acids is 1. The minimum Gasteiger partial charge on any atom is -0.495 e. The molecule has 1 aliphatic carbocycles. The van der Waals surface area contributed by atoms with Crippen molar-refractivity contribution in [2.75, 3.05) is 7.11 Å². The van der Waals surface area contributed by atoms with Crippen molar-refractivity contribution in [3.8, 4) is 5.75 Å². The number of pyridine rings is 1. The third-order valence-electron chi connectivity index (χ3n) is 2.68. The molecule has 3 nitrogen and oxygen atoms in total. The molecule has 0 aromatic carbocycles. The summed E-state index contributed by atoms with van der Waals surface area (Å²) in [5.74, 6) is 1.11. The zero-order chi connectivity index (χ0) is 9.97. The maximum Gasteiger partial charge on any atom is 0.140 e. The van der Waals surface area contributed by atoms with E-state index in [0.717, 1.165) is 24.2 Å². The SMILES string of the molecule is COc1cncc(C2CCCC2=O)c1. The zero-order valence-electron chi connectivity index (χ0n) is 8.19. The molecule has 1 heterocycles. The molecule has 1 aromatic rings. The van der Waals surface area contributed by atoms with Gasteiger partial charge in [-0.2, -0.15) is 0 Å². The predicted octanol–water partition coefficient (Wildman–Crippen LogP) is 1.93. The molecule has 0 bridgehead atoms. The van der Waals surface area contributed by atoms with E-state index in [9.17, 15) is 4.79 Å². The number of rotatable bonds is 2. The number of Topliss-reactive ketones (excluding diaryl/α,β-unsaturated/α-hetero) is 1. The van der Waals surface area contributed by atoms with Crippen LogP contribution in [0.2, 0.25) is 0 Å². The van der Waals surface area contributed by atoms with Gasteiger partial charge >= 0.3 is 0 Å². The summed E-state index contributed by atoms with van der Waals surface area (Å²) in [7, 11) is 1.61. The van der Waals surface area contributed by atoms with Crippen LogP contribution in [-0.2, 0) is 4.79 Å². The summed E-state index contributed by atoms with van der Waals surface area (Å²) in [4.78, 5) is 15.6. The monoisotopic (exact) mass is 191 g/mol. The fourth-order valence-electron chi connectivity index (χ4n) is 1.91. The Morgan fingerprint density at radius 2 is 2.36 bits per heavy atom. The fraction of sp³-hybridized carbons (Fsp3) is 0.455. The van der Waals surface area contributed by atoms with Crippen molar-refractivity contribution in [3.05, 3.63) is 24.0 Å². The van der Waals surface area contributed by atoms with E-state index in [-0.39, 0.29) is 5.92 Å².